The summed E-state index contributed by atoms with van der Waals surface area (Å²) < 4.78 is 0. The summed E-state index contributed by atoms with van der Waals surface area (Å²) in [5.41, 5.74) is 2.73. The number of anilines is 2. The van der Waals surface area contributed by atoms with Crippen molar-refractivity contribution in [2.75, 3.05) is 43.9 Å². The Morgan fingerprint density at radius 3 is 2.44 bits per heavy atom. The second-order valence-corrected chi connectivity index (χ2v) is 12.3. The van der Waals surface area contributed by atoms with Crippen LogP contribution in [0.4, 0.5) is 11.4 Å². The highest BCUT2D eigenvalue weighted by Crippen LogP contribution is 2.54. The van der Waals surface area contributed by atoms with Crippen LogP contribution in [0, 0.1) is 23.7 Å². The molecule has 0 spiro atoms. The molecule has 7 N–H and O–H groups in total. The number of phenols is 1. The minimum Gasteiger partial charge on any atom is -0.508 e. The number of nitrogens with two attached hydrogens (primary N) is 1. The van der Waals surface area contributed by atoms with Gasteiger partial charge in [0.25, 0.3) is 5.91 Å². The molecule has 4 aliphatic carbocycles. The van der Waals surface area contributed by atoms with Gasteiger partial charge in [0.05, 0.1) is 17.2 Å². The Bertz CT molecular complexity index is 1470. The monoisotopic (exact) mass is 566 g/mol. The van der Waals surface area contributed by atoms with Gasteiger partial charge in [-0.15, -0.1) is 0 Å². The van der Waals surface area contributed by atoms with Gasteiger partial charge in [-0.2, -0.15) is 0 Å². The second-order valence-electron chi connectivity index (χ2n) is 12.3. The first-order valence-corrected chi connectivity index (χ1v) is 13.9. The second kappa shape index (κ2) is 9.31. The van der Waals surface area contributed by atoms with Crippen molar-refractivity contribution in [3.05, 3.63) is 34.1 Å². The number of primary amides is 1. The molecule has 218 valence electrons. The average Bonchev–Trinajstić information content (AvgIpc) is 3.68. The number of nitrogens with one attached hydrogen (secondary N) is 1. The molecule has 1 aliphatic heterocycles. The lowest BCUT2D eigenvalue weighted by atomic mass is 9.59. The van der Waals surface area contributed by atoms with Crippen LogP contribution in [0.2, 0.25) is 0 Å². The average molecular weight is 567 g/mol. The fourth-order valence-electron chi connectivity index (χ4n) is 6.95. The van der Waals surface area contributed by atoms with E-state index in [1.807, 2.05) is 0 Å². The summed E-state index contributed by atoms with van der Waals surface area (Å²) in [6.45, 7) is 2.25. The Hall–Kier alpha value is -3.90. The van der Waals surface area contributed by atoms with Gasteiger partial charge in [-0.1, -0.05) is 0 Å². The van der Waals surface area contributed by atoms with E-state index in [1.54, 1.807) is 25.1 Å². The van der Waals surface area contributed by atoms with Crippen molar-refractivity contribution in [1.29, 1.82) is 0 Å². The molecule has 2 amide bonds. The number of aromatic hydroxyl groups is 1. The summed E-state index contributed by atoms with van der Waals surface area (Å²) in [6, 6.07) is 1.63. The normalized spacial score (nSPS) is 28.1. The number of amides is 2. The van der Waals surface area contributed by atoms with Crippen LogP contribution >= 0.6 is 0 Å². The molecule has 6 rings (SSSR count). The number of aliphatic hydroxyl groups is 3. The molecule has 0 radical (unpaired) electrons. The zero-order chi connectivity index (χ0) is 29.5. The molecule has 12 heteroatoms. The number of rotatable bonds is 6. The molecule has 12 nitrogen and oxygen atoms in total. The van der Waals surface area contributed by atoms with E-state index >= 15 is 0 Å². The first-order chi connectivity index (χ1) is 19.3. The van der Waals surface area contributed by atoms with Crippen LogP contribution in [0.3, 0.4) is 0 Å². The van der Waals surface area contributed by atoms with Gasteiger partial charge in [0.2, 0.25) is 11.7 Å². The predicted molar refractivity (Wildman–Crippen MR) is 147 cm³/mol. The van der Waals surface area contributed by atoms with Crippen molar-refractivity contribution in [3.8, 4) is 5.75 Å². The maximum atomic E-state index is 13.8. The Morgan fingerprint density at radius 1 is 1.15 bits per heavy atom. The topological polar surface area (TPSA) is 194 Å². The molecule has 2 saturated carbocycles. The van der Waals surface area contributed by atoms with Gasteiger partial charge in [-0.3, -0.25) is 19.2 Å². The first-order valence-electron chi connectivity index (χ1n) is 13.9. The number of carbonyl (C=O) groups excluding carboxylic acids is 4. The van der Waals surface area contributed by atoms with E-state index < -0.39 is 57.8 Å². The van der Waals surface area contributed by atoms with Gasteiger partial charge in [0.1, 0.15) is 22.8 Å². The number of aliphatic hydroxyl groups excluding tert-OH is 2. The van der Waals surface area contributed by atoms with E-state index in [0.29, 0.717) is 24.3 Å². The smallest absolute Gasteiger partial charge is 0.255 e. The van der Waals surface area contributed by atoms with Crippen molar-refractivity contribution in [2.24, 2.45) is 29.4 Å². The number of benzene rings is 1. The number of fused-ring (bicyclic) bond motifs is 3. The molecule has 3 fully saturated rings. The lowest BCUT2D eigenvalue weighted by Gasteiger charge is -2.46. The third-order valence-corrected chi connectivity index (χ3v) is 9.32. The Balaban J connectivity index is 1.38. The Kier molecular flexibility index (Phi) is 6.20. The summed E-state index contributed by atoms with van der Waals surface area (Å²) >= 11 is 0. The summed E-state index contributed by atoms with van der Waals surface area (Å²) in [6.07, 6.45) is 2.31. The number of Topliss-reactive ketones (excluding diaryl/α,β-unsaturated/α-hetero) is 2. The van der Waals surface area contributed by atoms with Crippen LogP contribution in [0.1, 0.15) is 36.8 Å². The van der Waals surface area contributed by atoms with Crippen LogP contribution in [-0.4, -0.2) is 88.0 Å². The van der Waals surface area contributed by atoms with E-state index in [-0.39, 0.29) is 47.9 Å². The van der Waals surface area contributed by atoms with E-state index in [1.165, 1.54) is 12.8 Å². The molecular formula is C29H34N4O8. The van der Waals surface area contributed by atoms with E-state index in [9.17, 15) is 39.6 Å². The summed E-state index contributed by atoms with van der Waals surface area (Å²) in [4.78, 5) is 55.2. The van der Waals surface area contributed by atoms with Crippen LogP contribution in [-0.2, 0) is 25.6 Å². The number of phenolic OH excluding ortho intramolecular Hbond substituents is 1. The molecule has 1 heterocycles. The van der Waals surface area contributed by atoms with E-state index in [4.69, 9.17) is 5.73 Å². The maximum Gasteiger partial charge on any atom is 0.255 e. The van der Waals surface area contributed by atoms with Gasteiger partial charge >= 0.3 is 0 Å². The quantitative estimate of drug-likeness (QED) is 0.212. The van der Waals surface area contributed by atoms with E-state index in [0.717, 1.165) is 12.5 Å². The lowest BCUT2D eigenvalue weighted by Crippen LogP contribution is -2.58. The van der Waals surface area contributed by atoms with Gasteiger partial charge in [0.15, 0.2) is 11.4 Å². The fourth-order valence-corrected chi connectivity index (χ4v) is 6.95. The number of carbonyl (C=O) groups is 4. The Morgan fingerprint density at radius 2 is 1.83 bits per heavy atom. The van der Waals surface area contributed by atoms with Gasteiger partial charge < -0.3 is 41.3 Å². The third kappa shape index (κ3) is 4.11. The van der Waals surface area contributed by atoms with Gasteiger partial charge in [-0.05, 0) is 49.1 Å². The number of hydrogen-bond acceptors (Lipinski definition) is 10. The zero-order valence-electron chi connectivity index (χ0n) is 22.9. The molecule has 0 unspecified atom stereocenters. The standard InChI is InChI=1S/C29H34N4O8/c1-32(2)18-8-17(31-28(40)14-10-33(11-14)9-12-3-4-12)23(35)21-16(18)6-13-5-15-7-19(34)22(27(30)39)26(38)29(15,41)25(37)20(13)24(21)36/h8,12-15,35-36,38,41H,3-7,9-11H2,1-2H3,(H2,30,39)(H,31,40)/t13-,15+,29+/m1/s1. The molecule has 41 heavy (non-hydrogen) atoms. The highest BCUT2D eigenvalue weighted by Gasteiger charge is 2.60. The van der Waals surface area contributed by atoms with E-state index in [2.05, 4.69) is 10.2 Å². The van der Waals surface area contributed by atoms with Crippen LogP contribution in [0.5, 0.6) is 5.75 Å². The molecule has 1 aromatic rings. The lowest BCUT2D eigenvalue weighted by molar-refractivity contribution is -0.147. The molecule has 0 aromatic heterocycles. The van der Waals surface area contributed by atoms with Crippen LogP contribution in [0.15, 0.2) is 23.0 Å². The molecule has 3 atom stereocenters. The fraction of sp³-hybridized carbons (Fsp3) is 0.517. The van der Waals surface area contributed by atoms with Crippen LogP contribution < -0.4 is 16.0 Å². The summed E-state index contributed by atoms with van der Waals surface area (Å²) in [5, 5.41) is 47.8. The molecule has 1 saturated heterocycles. The van der Waals surface area contributed by atoms with Crippen molar-refractivity contribution >= 4 is 40.5 Å². The first kappa shape index (κ1) is 27.3. The number of nitrogens with zero attached hydrogens (tertiary/aromatic N) is 2. The predicted octanol–water partition coefficient (Wildman–Crippen LogP) is 0.770. The number of likely N-dealkylation sites (tertiary alicyclic amines) is 1. The minimum atomic E-state index is -2.63. The zero-order valence-corrected chi connectivity index (χ0v) is 22.9. The van der Waals surface area contributed by atoms with Gasteiger partial charge in [-0.25, -0.2) is 0 Å². The minimum absolute atomic E-state index is 0.0497. The maximum absolute atomic E-state index is 13.8. The molecule has 0 bridgehead atoms. The van der Waals surface area contributed by atoms with Gasteiger partial charge in [0, 0.05) is 57.3 Å². The highest BCUT2D eigenvalue weighted by atomic mass is 16.3. The van der Waals surface area contributed by atoms with Crippen molar-refractivity contribution in [2.45, 2.75) is 37.7 Å². The largest absolute Gasteiger partial charge is 0.508 e. The molecule has 5 aliphatic rings. The highest BCUT2D eigenvalue weighted by molar-refractivity contribution is 6.22. The summed E-state index contributed by atoms with van der Waals surface area (Å²) in [5.74, 6) is -6.67. The Labute approximate surface area is 236 Å². The SMILES string of the molecule is CN(C)c1cc(NC(=O)C2CN(CC3CC3)C2)c(O)c2c1C[C@H]1C[C@H]3CC(=O)C(C(N)=O)=C(O)[C@@]3(O)C(=O)C1=C2O. The molecular weight excluding hydrogens is 532 g/mol. The summed E-state index contributed by atoms with van der Waals surface area (Å²) in [7, 11) is 3.55. The third-order valence-electron chi connectivity index (χ3n) is 9.32. The van der Waals surface area contributed by atoms with Crippen molar-refractivity contribution < 1.29 is 39.6 Å². The number of ketones is 2. The van der Waals surface area contributed by atoms with Crippen LogP contribution in [0.25, 0.3) is 5.76 Å². The van der Waals surface area contributed by atoms with Crippen molar-refractivity contribution in [3.63, 3.8) is 0 Å². The molecule has 1 aromatic carbocycles. The number of hydrogen-bond donors (Lipinski definition) is 6. The van der Waals surface area contributed by atoms with Crippen molar-refractivity contribution in [1.82, 2.24) is 4.90 Å².